The van der Waals surface area contributed by atoms with Crippen LogP contribution in [0.1, 0.15) is 12.5 Å². The number of amides is 2. The summed E-state index contributed by atoms with van der Waals surface area (Å²) < 4.78 is 5.27. The van der Waals surface area contributed by atoms with Gasteiger partial charge in [-0.3, -0.25) is 9.59 Å². The molecule has 4 aromatic rings. The zero-order chi connectivity index (χ0) is 25.3. The van der Waals surface area contributed by atoms with E-state index in [0.717, 1.165) is 27.5 Å². The van der Waals surface area contributed by atoms with Gasteiger partial charge in [0.15, 0.2) is 5.13 Å². The van der Waals surface area contributed by atoms with Gasteiger partial charge in [-0.2, -0.15) is 0 Å². The number of nitrogens with one attached hydrogen (secondary N) is 2. The topological polar surface area (TPSA) is 80.3 Å². The summed E-state index contributed by atoms with van der Waals surface area (Å²) in [7, 11) is 1.62. The van der Waals surface area contributed by atoms with E-state index < -0.39 is 0 Å². The average molecular weight is 516 g/mol. The Kier molecular flexibility index (Phi) is 8.54. The minimum absolute atomic E-state index is 0.130. The molecule has 3 aromatic carbocycles. The Morgan fingerprint density at radius 2 is 1.78 bits per heavy atom. The molecule has 4 rings (SSSR count). The van der Waals surface area contributed by atoms with E-state index in [1.165, 1.54) is 29.2 Å². The molecule has 8 heteroatoms. The van der Waals surface area contributed by atoms with Crippen LogP contribution < -0.4 is 15.4 Å². The van der Waals surface area contributed by atoms with Gasteiger partial charge in [-0.05, 0) is 55.0 Å². The Hall–Kier alpha value is -3.88. The lowest BCUT2D eigenvalue weighted by atomic mass is 10.2. The molecule has 0 aliphatic heterocycles. The van der Waals surface area contributed by atoms with Crippen molar-refractivity contribution in [2.24, 2.45) is 0 Å². The molecule has 0 saturated carbocycles. The quantitative estimate of drug-likeness (QED) is 0.194. The number of carbonyl (C=O) groups excluding carboxylic acids is 2. The minimum atomic E-state index is -0.330. The Morgan fingerprint density at radius 1 is 1.00 bits per heavy atom. The number of aromatic nitrogens is 1. The highest BCUT2D eigenvalue weighted by molar-refractivity contribution is 8.00. The standard InChI is InChI=1S/C28H25N3O3S2/c1-19(27(33)31-28-30-25(18-35-28)21-9-6-10-23(17-21)34-2)36-24-14-12-22(13-15-24)29-26(32)16-11-20-7-4-3-5-8-20/h3-19H,1-2H3,(H,29,32)(H,30,31,33)/b16-11+. The summed E-state index contributed by atoms with van der Waals surface area (Å²) in [4.78, 5) is 30.3. The normalized spacial score (nSPS) is 11.7. The lowest BCUT2D eigenvalue weighted by Gasteiger charge is -2.11. The molecule has 0 spiro atoms. The molecule has 182 valence electrons. The van der Waals surface area contributed by atoms with E-state index in [-0.39, 0.29) is 17.1 Å². The maximum absolute atomic E-state index is 12.7. The molecular weight excluding hydrogens is 490 g/mol. The van der Waals surface area contributed by atoms with Gasteiger partial charge in [0.25, 0.3) is 0 Å². The number of rotatable bonds is 9. The molecule has 2 N–H and O–H groups in total. The predicted molar refractivity (Wildman–Crippen MR) is 149 cm³/mol. The maximum Gasteiger partial charge on any atom is 0.248 e. The van der Waals surface area contributed by atoms with Crippen molar-refractivity contribution in [1.29, 1.82) is 0 Å². The van der Waals surface area contributed by atoms with Crippen LogP contribution in [0.25, 0.3) is 17.3 Å². The van der Waals surface area contributed by atoms with Crippen LogP contribution in [0.3, 0.4) is 0 Å². The van der Waals surface area contributed by atoms with Crippen molar-refractivity contribution in [1.82, 2.24) is 4.98 Å². The summed E-state index contributed by atoms with van der Waals surface area (Å²) in [6.45, 7) is 1.85. The van der Waals surface area contributed by atoms with Crippen LogP contribution in [-0.2, 0) is 9.59 Å². The van der Waals surface area contributed by atoms with Gasteiger partial charge in [-0.25, -0.2) is 4.98 Å². The van der Waals surface area contributed by atoms with E-state index in [1.54, 1.807) is 13.2 Å². The van der Waals surface area contributed by atoms with Gasteiger partial charge in [-0.1, -0.05) is 42.5 Å². The zero-order valence-corrected chi connectivity index (χ0v) is 21.4. The van der Waals surface area contributed by atoms with E-state index in [0.29, 0.717) is 10.8 Å². The fourth-order valence-corrected chi connectivity index (χ4v) is 4.84. The second-order valence-corrected chi connectivity index (χ2v) is 10.0. The Balaban J connectivity index is 1.29. The Labute approximate surface area is 218 Å². The smallest absolute Gasteiger partial charge is 0.248 e. The van der Waals surface area contributed by atoms with Gasteiger partial charge in [-0.15, -0.1) is 23.1 Å². The first kappa shape index (κ1) is 25.2. The van der Waals surface area contributed by atoms with Crippen LogP contribution in [0.5, 0.6) is 5.75 Å². The monoisotopic (exact) mass is 515 g/mol. The van der Waals surface area contributed by atoms with Crippen molar-refractivity contribution in [3.63, 3.8) is 0 Å². The predicted octanol–water partition coefficient (Wildman–Crippen LogP) is 6.59. The van der Waals surface area contributed by atoms with Gasteiger partial charge >= 0.3 is 0 Å². The molecular formula is C28H25N3O3S2. The third kappa shape index (κ3) is 7.07. The van der Waals surface area contributed by atoms with E-state index >= 15 is 0 Å². The van der Waals surface area contributed by atoms with Gasteiger partial charge in [0.05, 0.1) is 18.1 Å². The fraction of sp³-hybridized carbons (Fsp3) is 0.107. The molecule has 1 aromatic heterocycles. The van der Waals surface area contributed by atoms with Crippen molar-refractivity contribution in [2.75, 3.05) is 17.7 Å². The summed E-state index contributed by atoms with van der Waals surface area (Å²) in [5.74, 6) is 0.420. The Bertz CT molecular complexity index is 1350. The number of thiazole rings is 1. The number of hydrogen-bond acceptors (Lipinski definition) is 6. The minimum Gasteiger partial charge on any atom is -0.497 e. The molecule has 0 aliphatic rings. The molecule has 0 aliphatic carbocycles. The number of hydrogen-bond donors (Lipinski definition) is 2. The van der Waals surface area contributed by atoms with Crippen molar-refractivity contribution in [2.45, 2.75) is 17.1 Å². The van der Waals surface area contributed by atoms with Crippen molar-refractivity contribution < 1.29 is 14.3 Å². The van der Waals surface area contributed by atoms with Crippen LogP contribution in [0, 0.1) is 0 Å². The summed E-state index contributed by atoms with van der Waals surface area (Å²) in [6, 6.07) is 24.7. The first-order valence-electron chi connectivity index (χ1n) is 11.2. The van der Waals surface area contributed by atoms with Crippen molar-refractivity contribution >= 4 is 51.8 Å². The number of anilines is 2. The summed E-state index contributed by atoms with van der Waals surface area (Å²) >= 11 is 2.82. The van der Waals surface area contributed by atoms with Crippen LogP contribution in [0.4, 0.5) is 10.8 Å². The van der Waals surface area contributed by atoms with Crippen molar-refractivity contribution in [3.05, 3.63) is 95.9 Å². The number of thioether (sulfide) groups is 1. The number of carbonyl (C=O) groups is 2. The molecule has 0 radical (unpaired) electrons. The molecule has 2 amide bonds. The van der Waals surface area contributed by atoms with Crippen LogP contribution >= 0.6 is 23.1 Å². The summed E-state index contributed by atoms with van der Waals surface area (Å²) in [5, 5.41) is 7.86. The third-order valence-electron chi connectivity index (χ3n) is 5.13. The molecule has 36 heavy (non-hydrogen) atoms. The second kappa shape index (κ2) is 12.2. The maximum atomic E-state index is 12.7. The molecule has 1 atom stereocenters. The number of methoxy groups -OCH3 is 1. The van der Waals surface area contributed by atoms with E-state index in [1.807, 2.05) is 91.2 Å². The van der Waals surface area contributed by atoms with Crippen LogP contribution in [-0.4, -0.2) is 29.2 Å². The highest BCUT2D eigenvalue weighted by Crippen LogP contribution is 2.29. The molecule has 0 saturated heterocycles. The number of nitrogens with zero attached hydrogens (tertiary/aromatic N) is 1. The molecule has 0 fully saturated rings. The molecule has 0 bridgehead atoms. The van der Waals surface area contributed by atoms with Gasteiger partial charge in [0.1, 0.15) is 5.75 Å². The third-order valence-corrected chi connectivity index (χ3v) is 7.00. The van der Waals surface area contributed by atoms with Crippen LogP contribution in [0.2, 0.25) is 0 Å². The summed E-state index contributed by atoms with van der Waals surface area (Å²) in [5.41, 5.74) is 3.36. The number of benzene rings is 3. The molecule has 6 nitrogen and oxygen atoms in total. The first-order valence-corrected chi connectivity index (χ1v) is 13.0. The number of ether oxygens (including phenoxy) is 1. The van der Waals surface area contributed by atoms with E-state index in [9.17, 15) is 9.59 Å². The lowest BCUT2D eigenvalue weighted by Crippen LogP contribution is -2.22. The largest absolute Gasteiger partial charge is 0.497 e. The highest BCUT2D eigenvalue weighted by Gasteiger charge is 2.16. The van der Waals surface area contributed by atoms with Crippen molar-refractivity contribution in [3.8, 4) is 17.0 Å². The second-order valence-electron chi connectivity index (χ2n) is 7.78. The average Bonchev–Trinajstić information content (AvgIpc) is 3.37. The zero-order valence-electron chi connectivity index (χ0n) is 19.8. The highest BCUT2D eigenvalue weighted by atomic mass is 32.2. The van der Waals surface area contributed by atoms with Crippen LogP contribution in [0.15, 0.2) is 95.2 Å². The Morgan fingerprint density at radius 3 is 2.53 bits per heavy atom. The summed E-state index contributed by atoms with van der Waals surface area (Å²) in [6.07, 6.45) is 3.27. The van der Waals surface area contributed by atoms with Gasteiger partial charge < -0.3 is 15.4 Å². The van der Waals surface area contributed by atoms with Gasteiger partial charge in [0, 0.05) is 27.6 Å². The fourth-order valence-electron chi connectivity index (χ4n) is 3.25. The molecule has 1 unspecified atom stereocenters. The molecule has 1 heterocycles. The van der Waals surface area contributed by atoms with Gasteiger partial charge in [0.2, 0.25) is 11.8 Å². The first-order chi connectivity index (χ1) is 17.5. The lowest BCUT2D eigenvalue weighted by molar-refractivity contribution is -0.115. The SMILES string of the molecule is COc1cccc(-c2csc(NC(=O)C(C)Sc3ccc(NC(=O)/C=C/c4ccccc4)cc3)n2)c1. The van der Waals surface area contributed by atoms with E-state index in [4.69, 9.17) is 4.74 Å². The van der Waals surface area contributed by atoms with E-state index in [2.05, 4.69) is 15.6 Å².